The first-order valence-electron chi connectivity index (χ1n) is 9.37. The maximum Gasteiger partial charge on any atom is 0.251 e. The van der Waals surface area contributed by atoms with E-state index in [0.29, 0.717) is 12.1 Å². The Morgan fingerprint density at radius 1 is 0.857 bits per heavy atom. The van der Waals surface area contributed by atoms with E-state index in [1.807, 2.05) is 78.9 Å². The molecular weight excluding hydrogens is 348 g/mol. The second kappa shape index (κ2) is 8.39. The van der Waals surface area contributed by atoms with E-state index in [1.54, 1.807) is 0 Å². The van der Waals surface area contributed by atoms with E-state index in [9.17, 15) is 4.79 Å². The van der Waals surface area contributed by atoms with Gasteiger partial charge in [0.1, 0.15) is 0 Å². The van der Waals surface area contributed by atoms with Crippen molar-refractivity contribution in [1.29, 1.82) is 0 Å². The molecule has 0 aliphatic heterocycles. The number of benzene rings is 3. The third-order valence-electron chi connectivity index (χ3n) is 4.61. The monoisotopic (exact) mass is 370 g/mol. The minimum absolute atomic E-state index is 0.0594. The zero-order valence-corrected chi connectivity index (χ0v) is 15.5. The van der Waals surface area contributed by atoms with Crippen LogP contribution in [0.5, 0.6) is 0 Å². The predicted molar refractivity (Wildman–Crippen MR) is 112 cm³/mol. The summed E-state index contributed by atoms with van der Waals surface area (Å²) in [4.78, 5) is 20.0. The number of carbonyl (C=O) groups is 1. The summed E-state index contributed by atoms with van der Waals surface area (Å²) in [5.74, 6) is 0.717. The van der Waals surface area contributed by atoms with Crippen LogP contribution in [-0.2, 0) is 13.0 Å². The molecule has 0 atom stereocenters. The van der Waals surface area contributed by atoms with Gasteiger partial charge in [0.15, 0.2) is 0 Å². The highest BCUT2D eigenvalue weighted by atomic mass is 16.1. The van der Waals surface area contributed by atoms with E-state index in [-0.39, 0.29) is 5.91 Å². The van der Waals surface area contributed by atoms with E-state index in [4.69, 9.17) is 0 Å². The molecule has 1 heterocycles. The summed E-state index contributed by atoms with van der Waals surface area (Å²) in [6.45, 7) is 1.29. The number of H-pyrrole nitrogens is 1. The van der Waals surface area contributed by atoms with Crippen molar-refractivity contribution in [2.24, 2.45) is 0 Å². The number of imidazole rings is 1. The zero-order valence-electron chi connectivity index (χ0n) is 15.5. The highest BCUT2D eigenvalue weighted by Gasteiger charge is 2.06. The third-order valence-corrected chi connectivity index (χ3v) is 4.61. The molecule has 140 valence electrons. The van der Waals surface area contributed by atoms with Gasteiger partial charge in [-0.25, -0.2) is 4.98 Å². The van der Waals surface area contributed by atoms with Crippen molar-refractivity contribution in [2.45, 2.75) is 13.0 Å². The molecule has 0 saturated heterocycles. The molecule has 4 aromatic rings. The van der Waals surface area contributed by atoms with Crippen molar-refractivity contribution in [3.05, 3.63) is 95.6 Å². The number of amides is 1. The summed E-state index contributed by atoms with van der Waals surface area (Å²) >= 11 is 0. The summed E-state index contributed by atoms with van der Waals surface area (Å²) in [6, 6.07) is 25.6. The minimum atomic E-state index is -0.0594. The second-order valence-corrected chi connectivity index (χ2v) is 6.64. The van der Waals surface area contributed by atoms with Crippen LogP contribution in [-0.4, -0.2) is 22.4 Å². The summed E-state index contributed by atoms with van der Waals surface area (Å²) < 4.78 is 0. The molecule has 5 heteroatoms. The number of nitrogens with one attached hydrogen (secondary N) is 3. The van der Waals surface area contributed by atoms with Gasteiger partial charge in [0.25, 0.3) is 5.91 Å². The van der Waals surface area contributed by atoms with Gasteiger partial charge in [-0.2, -0.15) is 0 Å². The summed E-state index contributed by atoms with van der Waals surface area (Å²) in [5, 5.41) is 6.26. The number of hydrogen-bond acceptors (Lipinski definition) is 3. The van der Waals surface area contributed by atoms with Crippen LogP contribution in [0.3, 0.4) is 0 Å². The van der Waals surface area contributed by atoms with Crippen LogP contribution in [0.25, 0.3) is 11.0 Å². The molecule has 0 fully saturated rings. The first-order valence-corrected chi connectivity index (χ1v) is 9.37. The number of carbonyl (C=O) groups excluding carboxylic acids is 1. The normalized spacial score (nSPS) is 10.7. The molecule has 28 heavy (non-hydrogen) atoms. The lowest BCUT2D eigenvalue weighted by molar-refractivity contribution is 0.0951. The van der Waals surface area contributed by atoms with Gasteiger partial charge in [-0.05, 0) is 41.8 Å². The van der Waals surface area contributed by atoms with Crippen molar-refractivity contribution in [3.8, 4) is 0 Å². The fourth-order valence-corrected chi connectivity index (χ4v) is 3.06. The standard InChI is InChI=1S/C23H22N4O/c28-22(25-16-18-6-2-1-3-7-18)19-12-10-17(11-13-19)14-15-24-23-26-20-8-4-5-9-21(20)27-23/h1-13H,14-16H2,(H,25,28)(H2,24,26,27). The van der Waals surface area contributed by atoms with Crippen LogP contribution >= 0.6 is 0 Å². The lowest BCUT2D eigenvalue weighted by Gasteiger charge is -2.07. The second-order valence-electron chi connectivity index (χ2n) is 6.64. The number of anilines is 1. The molecule has 0 spiro atoms. The number of para-hydroxylation sites is 2. The number of hydrogen-bond donors (Lipinski definition) is 3. The van der Waals surface area contributed by atoms with Crippen molar-refractivity contribution in [2.75, 3.05) is 11.9 Å². The highest BCUT2D eigenvalue weighted by molar-refractivity contribution is 5.94. The van der Waals surface area contributed by atoms with Crippen molar-refractivity contribution in [3.63, 3.8) is 0 Å². The van der Waals surface area contributed by atoms with Crippen LogP contribution in [0.4, 0.5) is 5.95 Å². The van der Waals surface area contributed by atoms with Crippen LogP contribution in [0.15, 0.2) is 78.9 Å². The number of aromatic nitrogens is 2. The Balaban J connectivity index is 1.27. The van der Waals surface area contributed by atoms with Crippen molar-refractivity contribution < 1.29 is 4.79 Å². The molecule has 1 amide bonds. The van der Waals surface area contributed by atoms with Gasteiger partial charge in [-0.15, -0.1) is 0 Å². The van der Waals surface area contributed by atoms with E-state index < -0.39 is 0 Å². The first kappa shape index (κ1) is 17.8. The predicted octanol–water partition coefficient (Wildman–Crippen LogP) is 4.15. The van der Waals surface area contributed by atoms with Gasteiger partial charge < -0.3 is 15.6 Å². The molecule has 0 aliphatic rings. The molecule has 4 rings (SSSR count). The van der Waals surface area contributed by atoms with Crippen LogP contribution in [0.2, 0.25) is 0 Å². The first-order chi connectivity index (χ1) is 13.8. The molecule has 1 aromatic heterocycles. The van der Waals surface area contributed by atoms with E-state index in [1.165, 1.54) is 5.56 Å². The fraction of sp³-hybridized carbons (Fsp3) is 0.130. The summed E-state index contributed by atoms with van der Waals surface area (Å²) in [7, 11) is 0. The molecule has 0 saturated carbocycles. The SMILES string of the molecule is O=C(NCc1ccccc1)c1ccc(CCNc2nc3ccccc3[nH]2)cc1. The minimum Gasteiger partial charge on any atom is -0.355 e. The Kier molecular flexibility index (Phi) is 5.33. The summed E-state index contributed by atoms with van der Waals surface area (Å²) in [6.07, 6.45) is 0.850. The molecule has 0 radical (unpaired) electrons. The van der Waals surface area contributed by atoms with Crippen LogP contribution in [0, 0.1) is 0 Å². The van der Waals surface area contributed by atoms with Gasteiger partial charge in [0.2, 0.25) is 5.95 Å². The highest BCUT2D eigenvalue weighted by Crippen LogP contribution is 2.13. The number of aromatic amines is 1. The molecule has 0 aliphatic carbocycles. The molecule has 0 unspecified atom stereocenters. The zero-order chi connectivity index (χ0) is 19.2. The smallest absolute Gasteiger partial charge is 0.251 e. The van der Waals surface area contributed by atoms with E-state index in [2.05, 4.69) is 20.6 Å². The van der Waals surface area contributed by atoms with Gasteiger partial charge in [0, 0.05) is 18.7 Å². The molecule has 0 bridgehead atoms. The van der Waals surface area contributed by atoms with Crippen LogP contribution in [0.1, 0.15) is 21.5 Å². The largest absolute Gasteiger partial charge is 0.355 e. The summed E-state index contributed by atoms with van der Waals surface area (Å²) in [5.41, 5.74) is 4.91. The van der Waals surface area contributed by atoms with Crippen LogP contribution < -0.4 is 10.6 Å². The Morgan fingerprint density at radius 3 is 2.39 bits per heavy atom. The molecular formula is C23H22N4O. The van der Waals surface area contributed by atoms with Gasteiger partial charge in [-0.3, -0.25) is 4.79 Å². The third kappa shape index (κ3) is 4.38. The Bertz CT molecular complexity index is 1020. The average molecular weight is 370 g/mol. The quantitative estimate of drug-likeness (QED) is 0.458. The van der Waals surface area contributed by atoms with E-state index >= 15 is 0 Å². The van der Waals surface area contributed by atoms with Crippen molar-refractivity contribution >= 4 is 22.9 Å². The van der Waals surface area contributed by atoms with Gasteiger partial charge in [-0.1, -0.05) is 54.6 Å². The Morgan fingerprint density at radius 2 is 1.61 bits per heavy atom. The number of nitrogens with zero attached hydrogens (tertiary/aromatic N) is 1. The lowest BCUT2D eigenvalue weighted by atomic mass is 10.1. The lowest BCUT2D eigenvalue weighted by Crippen LogP contribution is -2.22. The Hall–Kier alpha value is -3.60. The van der Waals surface area contributed by atoms with E-state index in [0.717, 1.165) is 35.5 Å². The average Bonchev–Trinajstić information content (AvgIpc) is 3.16. The maximum absolute atomic E-state index is 12.3. The Labute approximate surface area is 163 Å². The van der Waals surface area contributed by atoms with Gasteiger partial charge >= 0.3 is 0 Å². The fourth-order valence-electron chi connectivity index (χ4n) is 3.06. The number of fused-ring (bicyclic) bond motifs is 1. The van der Waals surface area contributed by atoms with Gasteiger partial charge in [0.05, 0.1) is 11.0 Å². The molecule has 3 aromatic carbocycles. The molecule has 3 N–H and O–H groups in total. The number of rotatable bonds is 7. The topological polar surface area (TPSA) is 69.8 Å². The van der Waals surface area contributed by atoms with Crippen molar-refractivity contribution in [1.82, 2.24) is 15.3 Å². The maximum atomic E-state index is 12.3. The molecule has 5 nitrogen and oxygen atoms in total.